The van der Waals surface area contributed by atoms with Crippen LogP contribution in [0, 0.1) is 13.8 Å². The van der Waals surface area contributed by atoms with Gasteiger partial charge in [-0.15, -0.1) is 11.3 Å². The Kier molecular flexibility index (Phi) is 4.25. The van der Waals surface area contributed by atoms with Crippen LogP contribution in [0.3, 0.4) is 0 Å². The highest BCUT2D eigenvalue weighted by molar-refractivity contribution is 7.11. The number of thiazole rings is 1. The molecule has 0 spiro atoms. The minimum atomic E-state index is -0.119. The predicted octanol–water partition coefficient (Wildman–Crippen LogP) is 3.62. The molecule has 0 aliphatic carbocycles. The van der Waals surface area contributed by atoms with E-state index in [2.05, 4.69) is 10.4 Å². The van der Waals surface area contributed by atoms with Gasteiger partial charge in [0.25, 0.3) is 0 Å². The fraction of sp³-hybridized carbons (Fsp3) is 0.250. The highest BCUT2D eigenvalue weighted by atomic mass is 35.5. The standard InChI is InChI=1S/C12H13Cl2N3S/c1-6-12(18-7(2)16-6)11(17-15)8-3-4-9(13)10(14)5-8/h3-5,11,17H,15H2,1-2H3. The van der Waals surface area contributed by atoms with Gasteiger partial charge in [-0.1, -0.05) is 29.3 Å². The molecule has 1 unspecified atom stereocenters. The molecule has 0 fully saturated rings. The Morgan fingerprint density at radius 3 is 2.50 bits per heavy atom. The quantitative estimate of drug-likeness (QED) is 0.672. The van der Waals surface area contributed by atoms with Crippen molar-refractivity contribution in [3.63, 3.8) is 0 Å². The van der Waals surface area contributed by atoms with Gasteiger partial charge in [-0.05, 0) is 31.5 Å². The van der Waals surface area contributed by atoms with Crippen LogP contribution in [0.2, 0.25) is 10.0 Å². The number of hydrogen-bond donors (Lipinski definition) is 2. The van der Waals surface area contributed by atoms with Gasteiger partial charge in [0.05, 0.1) is 31.7 Å². The maximum absolute atomic E-state index is 6.03. The Hall–Kier alpha value is -0.650. The van der Waals surface area contributed by atoms with Gasteiger partial charge in [0.2, 0.25) is 0 Å². The van der Waals surface area contributed by atoms with Crippen molar-refractivity contribution in [1.29, 1.82) is 0 Å². The van der Waals surface area contributed by atoms with Gasteiger partial charge in [0.1, 0.15) is 0 Å². The first kappa shape index (κ1) is 13.8. The maximum Gasteiger partial charge on any atom is 0.0900 e. The molecule has 0 amide bonds. The van der Waals surface area contributed by atoms with Crippen LogP contribution in [-0.4, -0.2) is 4.98 Å². The summed E-state index contributed by atoms with van der Waals surface area (Å²) in [5, 5.41) is 2.07. The fourth-order valence-electron chi connectivity index (χ4n) is 1.83. The topological polar surface area (TPSA) is 50.9 Å². The van der Waals surface area contributed by atoms with Crippen LogP contribution in [0.1, 0.15) is 27.2 Å². The number of nitrogens with zero attached hydrogens (tertiary/aromatic N) is 1. The second-order valence-electron chi connectivity index (χ2n) is 3.96. The van der Waals surface area contributed by atoms with E-state index in [0.717, 1.165) is 21.1 Å². The van der Waals surface area contributed by atoms with Crippen LogP contribution in [0.25, 0.3) is 0 Å². The number of nitrogens with one attached hydrogen (secondary N) is 1. The first-order valence-electron chi connectivity index (χ1n) is 5.38. The molecular formula is C12H13Cl2N3S. The average molecular weight is 302 g/mol. The zero-order valence-electron chi connectivity index (χ0n) is 10.00. The molecule has 3 N–H and O–H groups in total. The van der Waals surface area contributed by atoms with Crippen LogP contribution < -0.4 is 11.3 Å². The van der Waals surface area contributed by atoms with Crippen molar-refractivity contribution < 1.29 is 0 Å². The summed E-state index contributed by atoms with van der Waals surface area (Å²) in [6.07, 6.45) is 0. The molecule has 2 aromatic rings. The van der Waals surface area contributed by atoms with Gasteiger partial charge in [0.15, 0.2) is 0 Å². The number of nitrogens with two attached hydrogens (primary N) is 1. The van der Waals surface area contributed by atoms with Gasteiger partial charge >= 0.3 is 0 Å². The van der Waals surface area contributed by atoms with Gasteiger partial charge in [-0.25, -0.2) is 10.4 Å². The SMILES string of the molecule is Cc1nc(C)c(C(NN)c2ccc(Cl)c(Cl)c2)s1. The van der Waals surface area contributed by atoms with Crippen LogP contribution in [0.5, 0.6) is 0 Å². The summed E-state index contributed by atoms with van der Waals surface area (Å²) in [6, 6.07) is 5.38. The summed E-state index contributed by atoms with van der Waals surface area (Å²) in [6.45, 7) is 3.95. The van der Waals surface area contributed by atoms with Crippen LogP contribution >= 0.6 is 34.5 Å². The van der Waals surface area contributed by atoms with Crippen molar-refractivity contribution >= 4 is 34.5 Å². The summed E-state index contributed by atoms with van der Waals surface area (Å²) < 4.78 is 0. The molecule has 1 aromatic heterocycles. The number of hydrogen-bond acceptors (Lipinski definition) is 4. The summed E-state index contributed by atoms with van der Waals surface area (Å²) >= 11 is 13.6. The lowest BCUT2D eigenvalue weighted by Gasteiger charge is -2.16. The normalized spacial score (nSPS) is 12.7. The van der Waals surface area contributed by atoms with E-state index in [1.54, 1.807) is 17.4 Å². The van der Waals surface area contributed by atoms with Crippen molar-refractivity contribution in [2.45, 2.75) is 19.9 Å². The minimum absolute atomic E-state index is 0.119. The van der Waals surface area contributed by atoms with Crippen LogP contribution in [0.4, 0.5) is 0 Å². The molecule has 3 nitrogen and oxygen atoms in total. The third kappa shape index (κ3) is 2.68. The van der Waals surface area contributed by atoms with E-state index >= 15 is 0 Å². The van der Waals surface area contributed by atoms with E-state index in [9.17, 15) is 0 Å². The molecule has 0 bridgehead atoms. The number of halogens is 2. The molecular weight excluding hydrogens is 289 g/mol. The van der Waals surface area contributed by atoms with Crippen molar-refractivity contribution in [2.75, 3.05) is 0 Å². The molecule has 2 rings (SSSR count). The number of aryl methyl sites for hydroxylation is 2. The van der Waals surface area contributed by atoms with Crippen molar-refractivity contribution in [2.24, 2.45) is 5.84 Å². The molecule has 0 aliphatic rings. The second-order valence-corrected chi connectivity index (χ2v) is 6.00. The third-order valence-corrected chi connectivity index (χ3v) is 4.52. The van der Waals surface area contributed by atoms with E-state index in [-0.39, 0.29) is 6.04 Å². The predicted molar refractivity (Wildman–Crippen MR) is 77.2 cm³/mol. The Morgan fingerprint density at radius 2 is 2.00 bits per heavy atom. The molecule has 0 radical (unpaired) electrons. The van der Waals surface area contributed by atoms with E-state index in [1.165, 1.54) is 0 Å². The summed E-state index contributed by atoms with van der Waals surface area (Å²) in [5.41, 5.74) is 4.75. The molecule has 1 atom stereocenters. The molecule has 1 aromatic carbocycles. The van der Waals surface area contributed by atoms with Gasteiger partial charge in [0, 0.05) is 0 Å². The van der Waals surface area contributed by atoms with E-state index in [0.29, 0.717) is 10.0 Å². The summed E-state index contributed by atoms with van der Waals surface area (Å²) in [5.74, 6) is 5.66. The summed E-state index contributed by atoms with van der Waals surface area (Å²) in [4.78, 5) is 5.50. The Labute approximate surface area is 120 Å². The summed E-state index contributed by atoms with van der Waals surface area (Å²) in [7, 11) is 0. The number of rotatable bonds is 3. The number of benzene rings is 1. The maximum atomic E-state index is 6.03. The van der Waals surface area contributed by atoms with Crippen molar-refractivity contribution in [3.05, 3.63) is 49.4 Å². The third-order valence-electron chi connectivity index (χ3n) is 2.65. The molecule has 0 aliphatic heterocycles. The molecule has 18 heavy (non-hydrogen) atoms. The average Bonchev–Trinajstić information content (AvgIpc) is 2.64. The van der Waals surface area contributed by atoms with Gasteiger partial charge < -0.3 is 0 Å². The minimum Gasteiger partial charge on any atom is -0.271 e. The Morgan fingerprint density at radius 1 is 1.28 bits per heavy atom. The lowest BCUT2D eigenvalue weighted by Crippen LogP contribution is -2.28. The Bertz CT molecular complexity index is 568. The molecule has 0 saturated heterocycles. The smallest absolute Gasteiger partial charge is 0.0900 e. The van der Waals surface area contributed by atoms with Crippen LogP contribution in [-0.2, 0) is 0 Å². The first-order chi connectivity index (χ1) is 8.52. The van der Waals surface area contributed by atoms with E-state index in [1.807, 2.05) is 26.0 Å². The Balaban J connectivity index is 2.45. The second kappa shape index (κ2) is 5.55. The molecule has 1 heterocycles. The van der Waals surface area contributed by atoms with Crippen LogP contribution in [0.15, 0.2) is 18.2 Å². The lowest BCUT2D eigenvalue weighted by atomic mass is 10.1. The molecule has 0 saturated carbocycles. The highest BCUT2D eigenvalue weighted by Gasteiger charge is 2.19. The zero-order valence-corrected chi connectivity index (χ0v) is 12.3. The highest BCUT2D eigenvalue weighted by Crippen LogP contribution is 2.32. The van der Waals surface area contributed by atoms with Crippen molar-refractivity contribution in [1.82, 2.24) is 10.4 Å². The number of hydrazine groups is 1. The zero-order chi connectivity index (χ0) is 13.3. The molecule has 96 valence electrons. The van der Waals surface area contributed by atoms with Gasteiger partial charge in [-0.3, -0.25) is 5.84 Å². The lowest BCUT2D eigenvalue weighted by molar-refractivity contribution is 0.642. The van der Waals surface area contributed by atoms with E-state index < -0.39 is 0 Å². The largest absolute Gasteiger partial charge is 0.271 e. The van der Waals surface area contributed by atoms with Gasteiger partial charge in [-0.2, -0.15) is 0 Å². The number of aromatic nitrogens is 1. The molecule has 6 heteroatoms. The fourth-order valence-corrected chi connectivity index (χ4v) is 3.15. The van der Waals surface area contributed by atoms with Crippen molar-refractivity contribution in [3.8, 4) is 0 Å². The monoisotopic (exact) mass is 301 g/mol. The van der Waals surface area contributed by atoms with E-state index in [4.69, 9.17) is 29.0 Å². The first-order valence-corrected chi connectivity index (χ1v) is 6.95.